The van der Waals surface area contributed by atoms with Crippen LogP contribution in [0.25, 0.3) is 0 Å². The van der Waals surface area contributed by atoms with Gasteiger partial charge in [0.05, 0.1) is 24.5 Å². The van der Waals surface area contributed by atoms with Gasteiger partial charge in [0.15, 0.2) is 0 Å². The summed E-state index contributed by atoms with van der Waals surface area (Å²) in [6, 6.07) is 7.44. The first kappa shape index (κ1) is 15.3. The Hall–Kier alpha value is -1.59. The Bertz CT molecular complexity index is 600. The van der Waals surface area contributed by atoms with Crippen LogP contribution in [0.15, 0.2) is 24.3 Å². The molecule has 1 saturated heterocycles. The molecular weight excluding hydrogens is 306 g/mol. The number of rotatable bonds is 4. The molecule has 0 radical (unpaired) electrons. The molecule has 1 heterocycles. The highest BCUT2D eigenvalue weighted by molar-refractivity contribution is 6.30. The summed E-state index contributed by atoms with van der Waals surface area (Å²) in [7, 11) is 0. The Labute approximate surface area is 133 Å². The topological polar surface area (TPSA) is 66.8 Å². The van der Waals surface area contributed by atoms with Crippen molar-refractivity contribution >= 4 is 23.5 Å². The second kappa shape index (κ2) is 5.89. The van der Waals surface area contributed by atoms with E-state index in [1.54, 1.807) is 11.0 Å². The quantitative estimate of drug-likeness (QED) is 0.921. The first-order valence-electron chi connectivity index (χ1n) is 7.40. The van der Waals surface area contributed by atoms with Gasteiger partial charge in [0.1, 0.15) is 0 Å². The molecule has 6 heteroatoms. The van der Waals surface area contributed by atoms with E-state index in [1.807, 2.05) is 18.2 Å². The summed E-state index contributed by atoms with van der Waals surface area (Å²) in [6.07, 6.45) is 1.12. The van der Waals surface area contributed by atoms with E-state index in [0.29, 0.717) is 24.7 Å². The monoisotopic (exact) mass is 323 g/mol. The van der Waals surface area contributed by atoms with Gasteiger partial charge < -0.3 is 14.7 Å². The number of carbonyl (C=O) groups excluding carboxylic acids is 1. The van der Waals surface area contributed by atoms with Crippen molar-refractivity contribution in [3.63, 3.8) is 0 Å². The molecule has 0 aromatic heterocycles. The fourth-order valence-corrected chi connectivity index (χ4v) is 3.25. The number of carbonyl (C=O) groups is 2. The van der Waals surface area contributed by atoms with Crippen molar-refractivity contribution in [3.05, 3.63) is 34.9 Å². The standard InChI is InChI=1S/C16H18ClNO4/c17-12-3-1-2-11(8-12)16(4-5-16)15(21)18-6-7-22-13(10-18)9-14(19)20/h1-3,8,13H,4-7,9-10H2,(H,19,20)/t13-/m1/s1. The number of hydrogen-bond donors (Lipinski definition) is 1. The molecule has 0 spiro atoms. The van der Waals surface area contributed by atoms with E-state index in [4.69, 9.17) is 21.4 Å². The molecule has 1 aliphatic heterocycles. The maximum absolute atomic E-state index is 12.9. The highest BCUT2D eigenvalue weighted by atomic mass is 35.5. The number of nitrogens with zero attached hydrogens (tertiary/aromatic N) is 1. The summed E-state index contributed by atoms with van der Waals surface area (Å²) in [5.74, 6) is -0.844. The minimum atomic E-state index is -0.907. The number of ether oxygens (including phenoxy) is 1. The van der Waals surface area contributed by atoms with Crippen LogP contribution < -0.4 is 0 Å². The lowest BCUT2D eigenvalue weighted by Gasteiger charge is -2.35. The molecule has 1 aliphatic carbocycles. The Kier molecular flexibility index (Phi) is 4.10. The van der Waals surface area contributed by atoms with Gasteiger partial charge in [-0.25, -0.2) is 0 Å². The first-order valence-corrected chi connectivity index (χ1v) is 7.78. The Morgan fingerprint density at radius 3 is 2.82 bits per heavy atom. The zero-order valence-corrected chi connectivity index (χ0v) is 12.9. The van der Waals surface area contributed by atoms with Gasteiger partial charge >= 0.3 is 5.97 Å². The second-order valence-corrected chi connectivity index (χ2v) is 6.37. The fourth-order valence-electron chi connectivity index (χ4n) is 3.06. The number of hydrogen-bond acceptors (Lipinski definition) is 3. The van der Waals surface area contributed by atoms with Crippen LogP contribution in [0.5, 0.6) is 0 Å². The van der Waals surface area contributed by atoms with Gasteiger partial charge in [0.2, 0.25) is 5.91 Å². The second-order valence-electron chi connectivity index (χ2n) is 5.93. The maximum Gasteiger partial charge on any atom is 0.306 e. The molecule has 3 rings (SSSR count). The number of morpholine rings is 1. The summed E-state index contributed by atoms with van der Waals surface area (Å²) >= 11 is 6.04. The Morgan fingerprint density at radius 1 is 1.41 bits per heavy atom. The molecule has 118 valence electrons. The number of benzene rings is 1. The molecule has 1 N–H and O–H groups in total. The lowest BCUT2D eigenvalue weighted by atomic mass is 9.94. The summed E-state index contributed by atoms with van der Waals surface area (Å²) < 4.78 is 5.43. The maximum atomic E-state index is 12.9. The molecule has 1 aromatic carbocycles. The van der Waals surface area contributed by atoms with Gasteiger partial charge in [-0.15, -0.1) is 0 Å². The van der Waals surface area contributed by atoms with Gasteiger partial charge in [-0.2, -0.15) is 0 Å². The van der Waals surface area contributed by atoms with E-state index in [-0.39, 0.29) is 12.3 Å². The average Bonchev–Trinajstić information content (AvgIpc) is 3.28. The van der Waals surface area contributed by atoms with Crippen molar-refractivity contribution in [1.29, 1.82) is 0 Å². The predicted octanol–water partition coefficient (Wildman–Crippen LogP) is 2.07. The Morgan fingerprint density at radius 2 is 2.18 bits per heavy atom. The van der Waals surface area contributed by atoms with E-state index in [9.17, 15) is 9.59 Å². The molecule has 2 fully saturated rings. The van der Waals surface area contributed by atoms with Gasteiger partial charge in [-0.05, 0) is 30.5 Å². The van der Waals surface area contributed by atoms with Crippen molar-refractivity contribution in [1.82, 2.24) is 4.90 Å². The average molecular weight is 324 g/mol. The van der Waals surface area contributed by atoms with Crippen LogP contribution >= 0.6 is 11.6 Å². The summed E-state index contributed by atoms with van der Waals surface area (Å²) in [5.41, 5.74) is 0.474. The van der Waals surface area contributed by atoms with E-state index in [2.05, 4.69) is 0 Å². The largest absolute Gasteiger partial charge is 0.481 e. The smallest absolute Gasteiger partial charge is 0.306 e. The molecule has 0 unspecified atom stereocenters. The van der Waals surface area contributed by atoms with Crippen LogP contribution in [0.3, 0.4) is 0 Å². The third kappa shape index (κ3) is 2.96. The zero-order valence-electron chi connectivity index (χ0n) is 12.1. The molecule has 1 amide bonds. The van der Waals surface area contributed by atoms with Gasteiger partial charge in [-0.1, -0.05) is 23.7 Å². The van der Waals surface area contributed by atoms with Crippen LogP contribution in [0.2, 0.25) is 5.02 Å². The van der Waals surface area contributed by atoms with Crippen molar-refractivity contribution in [2.45, 2.75) is 30.8 Å². The van der Waals surface area contributed by atoms with E-state index in [1.165, 1.54) is 0 Å². The normalized spacial score (nSPS) is 23.1. The third-order valence-electron chi connectivity index (χ3n) is 4.36. The van der Waals surface area contributed by atoms with Gasteiger partial charge in [-0.3, -0.25) is 9.59 Å². The molecule has 2 aliphatic rings. The van der Waals surface area contributed by atoms with E-state index >= 15 is 0 Å². The molecule has 1 aromatic rings. The molecule has 1 atom stereocenters. The van der Waals surface area contributed by atoms with Crippen molar-refractivity contribution in [2.24, 2.45) is 0 Å². The van der Waals surface area contributed by atoms with Crippen LogP contribution in [0, 0.1) is 0 Å². The number of carboxylic acids is 1. The lowest BCUT2D eigenvalue weighted by Crippen LogP contribution is -2.49. The number of amides is 1. The minimum absolute atomic E-state index is 0.0634. The van der Waals surface area contributed by atoms with Crippen LogP contribution in [0.1, 0.15) is 24.8 Å². The third-order valence-corrected chi connectivity index (χ3v) is 4.60. The predicted molar refractivity (Wildman–Crippen MR) is 80.9 cm³/mol. The highest BCUT2D eigenvalue weighted by Gasteiger charge is 2.53. The van der Waals surface area contributed by atoms with Crippen molar-refractivity contribution in [3.8, 4) is 0 Å². The van der Waals surface area contributed by atoms with Crippen LogP contribution in [0.4, 0.5) is 0 Å². The van der Waals surface area contributed by atoms with E-state index in [0.717, 1.165) is 18.4 Å². The van der Waals surface area contributed by atoms with Crippen molar-refractivity contribution in [2.75, 3.05) is 19.7 Å². The summed E-state index contributed by atoms with van der Waals surface area (Å²) in [6.45, 7) is 1.24. The minimum Gasteiger partial charge on any atom is -0.481 e. The molecule has 5 nitrogen and oxygen atoms in total. The molecule has 22 heavy (non-hydrogen) atoms. The zero-order chi connectivity index (χ0) is 15.7. The highest BCUT2D eigenvalue weighted by Crippen LogP contribution is 2.50. The molecule has 1 saturated carbocycles. The van der Waals surface area contributed by atoms with Crippen molar-refractivity contribution < 1.29 is 19.4 Å². The molecule has 0 bridgehead atoms. The number of halogens is 1. The SMILES string of the molecule is O=C(O)C[C@@H]1CN(C(=O)C2(c3cccc(Cl)c3)CC2)CCO1. The summed E-state index contributed by atoms with van der Waals surface area (Å²) in [4.78, 5) is 25.5. The number of carboxylic acid groups (broad SMARTS) is 1. The fraction of sp³-hybridized carbons (Fsp3) is 0.500. The van der Waals surface area contributed by atoms with Crippen LogP contribution in [-0.2, 0) is 19.7 Å². The Balaban J connectivity index is 1.74. The summed E-state index contributed by atoms with van der Waals surface area (Å²) in [5, 5.41) is 9.50. The van der Waals surface area contributed by atoms with E-state index < -0.39 is 17.5 Å². The lowest BCUT2D eigenvalue weighted by molar-refractivity contribution is -0.149. The van der Waals surface area contributed by atoms with Gasteiger partial charge in [0.25, 0.3) is 0 Å². The molecular formula is C16H18ClNO4. The van der Waals surface area contributed by atoms with Crippen LogP contribution in [-0.4, -0.2) is 47.7 Å². The first-order chi connectivity index (χ1) is 10.5. The van der Waals surface area contributed by atoms with Gasteiger partial charge in [0, 0.05) is 18.1 Å². The number of aliphatic carboxylic acids is 1.